The van der Waals surface area contributed by atoms with Crippen molar-refractivity contribution in [2.75, 3.05) is 37.6 Å². The molecule has 1 aromatic carbocycles. The number of benzene rings is 1. The highest BCUT2D eigenvalue weighted by molar-refractivity contribution is 9.10. The molecule has 1 aromatic rings. The lowest BCUT2D eigenvalue weighted by Gasteiger charge is -2.19. The highest BCUT2D eigenvalue weighted by Crippen LogP contribution is 2.26. The standard InChI is InChI=1S/C18H26BrN3O.2ClH/c19-16-2-1-3-17(10-16)22-9-7-15(13-22)12-21-18(23)5-4-14-6-8-20-11-14;;/h1-3,10,14-15,20H,4-9,11-13H2,(H,21,23);2*1H. The van der Waals surface area contributed by atoms with Crippen LogP contribution in [0.2, 0.25) is 0 Å². The van der Waals surface area contributed by atoms with Gasteiger partial charge in [-0.1, -0.05) is 22.0 Å². The number of nitrogens with zero attached hydrogens (tertiary/aromatic N) is 1. The lowest BCUT2D eigenvalue weighted by Crippen LogP contribution is -2.31. The summed E-state index contributed by atoms with van der Waals surface area (Å²) >= 11 is 3.53. The Hall–Kier alpha value is -0.490. The van der Waals surface area contributed by atoms with E-state index in [4.69, 9.17) is 0 Å². The van der Waals surface area contributed by atoms with Crippen LogP contribution in [-0.2, 0) is 4.79 Å². The molecule has 2 aliphatic rings. The van der Waals surface area contributed by atoms with E-state index in [2.05, 4.69) is 55.7 Å². The van der Waals surface area contributed by atoms with E-state index >= 15 is 0 Å². The van der Waals surface area contributed by atoms with E-state index in [0.29, 0.717) is 18.3 Å². The minimum atomic E-state index is 0. The van der Waals surface area contributed by atoms with Crippen molar-refractivity contribution in [2.45, 2.75) is 25.7 Å². The molecule has 1 amide bonds. The second-order valence-corrected chi connectivity index (χ2v) is 7.70. The third kappa shape index (κ3) is 6.97. The molecule has 142 valence electrons. The van der Waals surface area contributed by atoms with E-state index in [1.807, 2.05) is 0 Å². The normalized spacial score (nSPS) is 22.2. The Labute approximate surface area is 171 Å². The molecule has 2 heterocycles. The first-order valence-corrected chi connectivity index (χ1v) is 9.48. The van der Waals surface area contributed by atoms with E-state index in [9.17, 15) is 4.79 Å². The molecule has 2 atom stereocenters. The SMILES string of the molecule is Cl.Cl.O=C(CCC1CCNC1)NCC1CCN(c2cccc(Br)c2)C1. The van der Waals surface area contributed by atoms with Gasteiger partial charge in [-0.3, -0.25) is 4.79 Å². The van der Waals surface area contributed by atoms with Gasteiger partial charge in [-0.2, -0.15) is 0 Å². The number of carbonyl (C=O) groups is 1. The summed E-state index contributed by atoms with van der Waals surface area (Å²) in [5, 5.41) is 6.49. The van der Waals surface area contributed by atoms with Crippen molar-refractivity contribution in [3.63, 3.8) is 0 Å². The van der Waals surface area contributed by atoms with Crippen LogP contribution in [0.1, 0.15) is 25.7 Å². The van der Waals surface area contributed by atoms with Gasteiger partial charge in [0.05, 0.1) is 0 Å². The van der Waals surface area contributed by atoms with Gasteiger partial charge in [-0.15, -0.1) is 24.8 Å². The quantitative estimate of drug-likeness (QED) is 0.692. The van der Waals surface area contributed by atoms with Crippen molar-refractivity contribution in [1.29, 1.82) is 0 Å². The molecule has 0 aromatic heterocycles. The molecule has 25 heavy (non-hydrogen) atoms. The van der Waals surface area contributed by atoms with E-state index in [1.165, 1.54) is 12.1 Å². The van der Waals surface area contributed by atoms with Crippen LogP contribution in [0.15, 0.2) is 28.7 Å². The minimum Gasteiger partial charge on any atom is -0.371 e. The maximum atomic E-state index is 12.0. The van der Waals surface area contributed by atoms with Crippen LogP contribution in [0.25, 0.3) is 0 Å². The minimum absolute atomic E-state index is 0. The van der Waals surface area contributed by atoms with E-state index < -0.39 is 0 Å². The zero-order valence-corrected chi connectivity index (χ0v) is 17.6. The fraction of sp³-hybridized carbons (Fsp3) is 0.611. The topological polar surface area (TPSA) is 44.4 Å². The van der Waals surface area contributed by atoms with Gasteiger partial charge >= 0.3 is 0 Å². The molecule has 0 saturated carbocycles. The summed E-state index contributed by atoms with van der Waals surface area (Å²) < 4.78 is 1.12. The molecule has 2 N–H and O–H groups in total. The van der Waals surface area contributed by atoms with Crippen LogP contribution in [0.3, 0.4) is 0 Å². The van der Waals surface area contributed by atoms with Crippen molar-refractivity contribution in [3.8, 4) is 0 Å². The van der Waals surface area contributed by atoms with Crippen molar-refractivity contribution in [2.24, 2.45) is 11.8 Å². The van der Waals surface area contributed by atoms with Crippen LogP contribution in [0, 0.1) is 11.8 Å². The summed E-state index contributed by atoms with van der Waals surface area (Å²) in [5.41, 5.74) is 1.27. The highest BCUT2D eigenvalue weighted by atomic mass is 79.9. The molecule has 7 heteroatoms. The number of anilines is 1. The molecule has 2 fully saturated rings. The van der Waals surface area contributed by atoms with Gasteiger partial charge in [0.2, 0.25) is 5.91 Å². The Balaban J connectivity index is 0.00000156. The zero-order valence-electron chi connectivity index (χ0n) is 14.4. The van der Waals surface area contributed by atoms with E-state index in [1.54, 1.807) is 0 Å². The van der Waals surface area contributed by atoms with E-state index in [-0.39, 0.29) is 30.7 Å². The van der Waals surface area contributed by atoms with Gasteiger partial charge in [-0.25, -0.2) is 0 Å². The first-order chi connectivity index (χ1) is 11.2. The number of hydrogen-bond donors (Lipinski definition) is 2. The molecule has 2 unspecified atom stereocenters. The Morgan fingerprint density at radius 3 is 2.84 bits per heavy atom. The van der Waals surface area contributed by atoms with Crippen LogP contribution in [0.4, 0.5) is 5.69 Å². The fourth-order valence-electron chi connectivity index (χ4n) is 3.55. The van der Waals surface area contributed by atoms with Gasteiger partial charge in [0.25, 0.3) is 0 Å². The number of carbonyl (C=O) groups excluding carboxylic acids is 1. The molecular formula is C18H28BrCl2N3O. The number of amides is 1. The Bertz CT molecular complexity index is 541. The highest BCUT2D eigenvalue weighted by Gasteiger charge is 2.23. The van der Waals surface area contributed by atoms with Gasteiger partial charge in [-0.05, 0) is 62.4 Å². The van der Waals surface area contributed by atoms with Gasteiger partial charge in [0, 0.05) is 36.2 Å². The van der Waals surface area contributed by atoms with Gasteiger partial charge < -0.3 is 15.5 Å². The first kappa shape index (κ1) is 22.6. The summed E-state index contributed by atoms with van der Waals surface area (Å²) in [6.07, 6.45) is 4.07. The van der Waals surface area contributed by atoms with Crippen molar-refractivity contribution in [1.82, 2.24) is 10.6 Å². The summed E-state index contributed by atoms with van der Waals surface area (Å²) in [6.45, 7) is 5.11. The van der Waals surface area contributed by atoms with Crippen LogP contribution in [0.5, 0.6) is 0 Å². The van der Waals surface area contributed by atoms with Crippen LogP contribution < -0.4 is 15.5 Å². The number of hydrogen-bond acceptors (Lipinski definition) is 3. The molecular weight excluding hydrogens is 425 g/mol. The Morgan fingerprint density at radius 2 is 2.12 bits per heavy atom. The maximum Gasteiger partial charge on any atom is 0.220 e. The third-order valence-corrected chi connectivity index (χ3v) is 5.48. The van der Waals surface area contributed by atoms with Crippen LogP contribution >= 0.6 is 40.7 Å². The third-order valence-electron chi connectivity index (χ3n) is 4.99. The lowest BCUT2D eigenvalue weighted by molar-refractivity contribution is -0.121. The number of rotatable bonds is 6. The second-order valence-electron chi connectivity index (χ2n) is 6.78. The van der Waals surface area contributed by atoms with Crippen molar-refractivity contribution < 1.29 is 4.79 Å². The smallest absolute Gasteiger partial charge is 0.220 e. The Morgan fingerprint density at radius 1 is 1.28 bits per heavy atom. The molecule has 3 rings (SSSR count). The van der Waals surface area contributed by atoms with Crippen LogP contribution in [-0.4, -0.2) is 38.6 Å². The monoisotopic (exact) mass is 451 g/mol. The molecule has 0 aliphatic carbocycles. The van der Waals surface area contributed by atoms with Gasteiger partial charge in [0.15, 0.2) is 0 Å². The largest absolute Gasteiger partial charge is 0.371 e. The fourth-order valence-corrected chi connectivity index (χ4v) is 3.94. The first-order valence-electron chi connectivity index (χ1n) is 8.68. The summed E-state index contributed by atoms with van der Waals surface area (Å²) in [7, 11) is 0. The van der Waals surface area contributed by atoms with E-state index in [0.717, 1.165) is 50.0 Å². The second kappa shape index (κ2) is 11.3. The maximum absolute atomic E-state index is 12.0. The molecule has 2 saturated heterocycles. The van der Waals surface area contributed by atoms with Crippen molar-refractivity contribution >= 4 is 52.3 Å². The summed E-state index contributed by atoms with van der Waals surface area (Å²) in [5.74, 6) is 1.48. The lowest BCUT2D eigenvalue weighted by atomic mass is 10.0. The average molecular weight is 453 g/mol. The van der Waals surface area contributed by atoms with Gasteiger partial charge in [0.1, 0.15) is 0 Å². The summed E-state index contributed by atoms with van der Waals surface area (Å²) in [4.78, 5) is 14.4. The van der Waals surface area contributed by atoms with Crippen molar-refractivity contribution in [3.05, 3.63) is 28.7 Å². The summed E-state index contributed by atoms with van der Waals surface area (Å²) in [6, 6.07) is 8.45. The average Bonchev–Trinajstić information content (AvgIpc) is 3.22. The predicted octanol–water partition coefficient (Wildman–Crippen LogP) is 3.62. The predicted molar refractivity (Wildman–Crippen MR) is 112 cm³/mol. The molecule has 0 bridgehead atoms. The molecule has 0 spiro atoms. The Kier molecular flexibility index (Phi) is 10.2. The molecule has 2 aliphatic heterocycles. The zero-order chi connectivity index (χ0) is 16.1. The molecule has 0 radical (unpaired) electrons. The number of halogens is 3. The number of nitrogens with one attached hydrogen (secondary N) is 2. The molecule has 4 nitrogen and oxygen atoms in total.